The molecule has 0 aromatic heterocycles. The molecule has 2 heterocycles. The van der Waals surface area contributed by atoms with Crippen molar-refractivity contribution in [3.63, 3.8) is 0 Å². The molecule has 3 aromatic rings. The highest BCUT2D eigenvalue weighted by molar-refractivity contribution is 14.1. The number of amides is 4. The average molecular weight is 786 g/mol. The van der Waals surface area contributed by atoms with Gasteiger partial charge in [0.2, 0.25) is 23.6 Å². The third kappa shape index (κ3) is 4.50. The minimum absolute atomic E-state index is 0.0596. The predicted molar refractivity (Wildman–Crippen MR) is 179 cm³/mol. The van der Waals surface area contributed by atoms with E-state index in [4.69, 9.17) is 16.3 Å². The molecule has 11 nitrogen and oxygen atoms in total. The number of imide groups is 2. The Morgan fingerprint density at radius 1 is 1.02 bits per heavy atom. The molecule has 0 bridgehead atoms. The van der Waals surface area contributed by atoms with E-state index in [9.17, 15) is 38.8 Å². The SMILES string of the molecule is COc1cc(C2C3=CCC4C(=O)N(c5cccc([N+](=O)[O-])c5)C(=O)C4C3CC3C(=O)N(c4ccc(F)c(Cl)c4)C(=O)C32C)cc(I)c1O. The molecule has 6 atom stereocenters. The fraction of sp³-hybridized carbons (Fsp3) is 0.294. The van der Waals surface area contributed by atoms with Crippen molar-refractivity contribution in [2.24, 2.45) is 29.1 Å². The number of non-ortho nitro benzene ring substituents is 1. The Hall–Kier alpha value is -4.37. The van der Waals surface area contributed by atoms with Gasteiger partial charge in [0.15, 0.2) is 11.5 Å². The molecule has 1 saturated carbocycles. The first-order chi connectivity index (χ1) is 22.8. The quantitative estimate of drug-likeness (QED) is 0.107. The Balaban J connectivity index is 1.38. The van der Waals surface area contributed by atoms with E-state index in [0.29, 0.717) is 14.7 Å². The lowest BCUT2D eigenvalue weighted by atomic mass is 9.51. The van der Waals surface area contributed by atoms with E-state index in [1.807, 2.05) is 28.7 Å². The second-order valence-corrected chi connectivity index (χ2v) is 14.2. The Morgan fingerprint density at radius 2 is 1.75 bits per heavy atom. The molecular formula is C34H26ClFIN3O8. The molecule has 6 unspecified atom stereocenters. The molecule has 4 amide bonds. The molecule has 0 spiro atoms. The summed E-state index contributed by atoms with van der Waals surface area (Å²) in [4.78, 5) is 69.8. The minimum atomic E-state index is -1.40. The van der Waals surface area contributed by atoms with Crippen LogP contribution in [-0.4, -0.2) is 40.8 Å². The van der Waals surface area contributed by atoms with Crippen molar-refractivity contribution in [1.29, 1.82) is 0 Å². The summed E-state index contributed by atoms with van der Waals surface area (Å²) < 4.78 is 20.0. The van der Waals surface area contributed by atoms with Gasteiger partial charge in [0.05, 0.1) is 55.2 Å². The summed E-state index contributed by atoms with van der Waals surface area (Å²) >= 11 is 8.01. The number of nitro benzene ring substituents is 1. The molecule has 3 aromatic carbocycles. The normalized spacial score (nSPS) is 27.9. The number of carbonyl (C=O) groups excluding carboxylic acids is 4. The number of rotatable bonds is 5. The van der Waals surface area contributed by atoms with Crippen LogP contribution in [0.25, 0.3) is 0 Å². The fourth-order valence-corrected chi connectivity index (χ4v) is 8.98. The molecule has 4 aliphatic rings. The zero-order valence-corrected chi connectivity index (χ0v) is 28.3. The standard InChI is InChI=1S/C34H26ClFIN3O8/c1-34-22(31(43)39(33(34)45)17-6-9-24(36)23(35)13-17)14-21-19(28(34)15-10-25(37)29(41)26(11-15)48-2)7-8-20-27(21)32(44)38(30(20)42)16-4-3-5-18(12-16)40(46)47/h3-7,9-13,20-22,27-28,41H,8,14H2,1-2H3. The number of carbonyl (C=O) groups is 4. The number of anilines is 2. The molecule has 7 rings (SSSR count). The number of halogens is 3. The first-order valence-electron chi connectivity index (χ1n) is 15.0. The van der Waals surface area contributed by atoms with E-state index in [1.54, 1.807) is 19.1 Å². The zero-order valence-electron chi connectivity index (χ0n) is 25.4. The largest absolute Gasteiger partial charge is 0.504 e. The van der Waals surface area contributed by atoms with Gasteiger partial charge in [-0.15, -0.1) is 0 Å². The average Bonchev–Trinajstić information content (AvgIpc) is 3.43. The van der Waals surface area contributed by atoms with Crippen molar-refractivity contribution >= 4 is 74.9 Å². The van der Waals surface area contributed by atoms with Crippen LogP contribution >= 0.6 is 34.2 Å². The lowest BCUT2D eigenvalue weighted by molar-refractivity contribution is -0.384. The third-order valence-corrected chi connectivity index (χ3v) is 11.5. The van der Waals surface area contributed by atoms with Crippen molar-refractivity contribution < 1.29 is 38.3 Å². The highest BCUT2D eigenvalue weighted by Gasteiger charge is 2.67. The summed E-state index contributed by atoms with van der Waals surface area (Å²) in [7, 11) is 1.39. The summed E-state index contributed by atoms with van der Waals surface area (Å²) in [5.74, 6) is -6.91. The van der Waals surface area contributed by atoms with Gasteiger partial charge in [0.1, 0.15) is 5.82 Å². The molecule has 1 N–H and O–H groups in total. The molecule has 2 saturated heterocycles. The van der Waals surface area contributed by atoms with Gasteiger partial charge in [-0.05, 0) is 90.2 Å². The number of allylic oxidation sites excluding steroid dienone is 2. The number of aromatic hydroxyl groups is 1. The molecule has 2 aliphatic heterocycles. The number of nitrogens with zero attached hydrogens (tertiary/aromatic N) is 3. The van der Waals surface area contributed by atoms with Gasteiger partial charge < -0.3 is 9.84 Å². The molecule has 3 fully saturated rings. The van der Waals surface area contributed by atoms with Crippen LogP contribution < -0.4 is 14.5 Å². The van der Waals surface area contributed by atoms with E-state index in [1.165, 1.54) is 43.5 Å². The Morgan fingerprint density at radius 3 is 2.44 bits per heavy atom. The maximum Gasteiger partial charge on any atom is 0.271 e. The van der Waals surface area contributed by atoms with E-state index >= 15 is 0 Å². The summed E-state index contributed by atoms with van der Waals surface area (Å²) in [5, 5.41) is 21.9. The molecule has 48 heavy (non-hydrogen) atoms. The van der Waals surface area contributed by atoms with Crippen LogP contribution in [0.2, 0.25) is 5.02 Å². The van der Waals surface area contributed by atoms with Crippen molar-refractivity contribution in [2.45, 2.75) is 25.7 Å². The smallest absolute Gasteiger partial charge is 0.271 e. The summed E-state index contributed by atoms with van der Waals surface area (Å²) in [6, 6.07) is 12.2. The number of ether oxygens (including phenoxy) is 1. The topological polar surface area (TPSA) is 147 Å². The number of hydrogen-bond acceptors (Lipinski definition) is 8. The molecule has 2 aliphatic carbocycles. The van der Waals surface area contributed by atoms with Crippen LogP contribution in [0.1, 0.15) is 31.2 Å². The Kier molecular flexibility index (Phi) is 7.62. The van der Waals surface area contributed by atoms with E-state index in [0.717, 1.165) is 15.9 Å². The molecule has 246 valence electrons. The lowest BCUT2D eigenvalue weighted by Gasteiger charge is -2.49. The van der Waals surface area contributed by atoms with Gasteiger partial charge in [0, 0.05) is 18.1 Å². The highest BCUT2D eigenvalue weighted by atomic mass is 127. The number of hydrogen-bond donors (Lipinski definition) is 1. The van der Waals surface area contributed by atoms with Crippen molar-refractivity contribution in [1.82, 2.24) is 0 Å². The second-order valence-electron chi connectivity index (χ2n) is 12.6. The summed E-state index contributed by atoms with van der Waals surface area (Å²) in [5.41, 5.74) is -0.241. The van der Waals surface area contributed by atoms with Gasteiger partial charge in [-0.2, -0.15) is 0 Å². The number of methoxy groups -OCH3 is 1. The Labute approximate surface area is 291 Å². The number of phenols is 1. The number of nitro groups is 1. The highest BCUT2D eigenvalue weighted by Crippen LogP contribution is 2.64. The van der Waals surface area contributed by atoms with Crippen LogP contribution in [0.5, 0.6) is 11.5 Å². The van der Waals surface area contributed by atoms with Crippen molar-refractivity contribution in [3.05, 3.63) is 96.3 Å². The molecular weight excluding hydrogens is 760 g/mol. The number of fused-ring (bicyclic) bond motifs is 4. The first-order valence-corrected chi connectivity index (χ1v) is 16.5. The van der Waals surface area contributed by atoms with Crippen LogP contribution in [0, 0.1) is 48.6 Å². The van der Waals surface area contributed by atoms with Gasteiger partial charge in [-0.25, -0.2) is 14.2 Å². The number of benzene rings is 3. The monoisotopic (exact) mass is 785 g/mol. The molecule has 0 radical (unpaired) electrons. The first kappa shape index (κ1) is 32.2. The molecule has 14 heteroatoms. The van der Waals surface area contributed by atoms with E-state index in [-0.39, 0.29) is 46.4 Å². The van der Waals surface area contributed by atoms with Crippen LogP contribution in [0.15, 0.2) is 66.2 Å². The second kappa shape index (κ2) is 11.4. The predicted octanol–water partition coefficient (Wildman–Crippen LogP) is 6.14. The van der Waals surface area contributed by atoms with Gasteiger partial charge >= 0.3 is 0 Å². The van der Waals surface area contributed by atoms with Crippen molar-refractivity contribution in [3.8, 4) is 11.5 Å². The Bertz CT molecular complexity index is 2020. The zero-order chi connectivity index (χ0) is 34.4. The maximum atomic E-state index is 14.6. The third-order valence-electron chi connectivity index (χ3n) is 10.3. The van der Waals surface area contributed by atoms with E-state index in [2.05, 4.69) is 0 Å². The van der Waals surface area contributed by atoms with Crippen LogP contribution in [-0.2, 0) is 19.2 Å². The van der Waals surface area contributed by atoms with Gasteiger partial charge in [-0.3, -0.25) is 29.3 Å². The summed E-state index contributed by atoms with van der Waals surface area (Å²) in [6.45, 7) is 1.69. The van der Waals surface area contributed by atoms with Crippen LogP contribution in [0.4, 0.5) is 21.5 Å². The van der Waals surface area contributed by atoms with Crippen LogP contribution in [0.3, 0.4) is 0 Å². The lowest BCUT2D eigenvalue weighted by Crippen LogP contribution is -2.48. The van der Waals surface area contributed by atoms with Gasteiger partial charge in [0.25, 0.3) is 5.69 Å². The number of phenolic OH excluding ortho intramolecular Hbond substituents is 1. The summed E-state index contributed by atoms with van der Waals surface area (Å²) in [6.07, 6.45) is 2.08. The minimum Gasteiger partial charge on any atom is -0.504 e. The van der Waals surface area contributed by atoms with E-state index < -0.39 is 69.4 Å². The maximum absolute atomic E-state index is 14.6. The van der Waals surface area contributed by atoms with Crippen molar-refractivity contribution in [2.75, 3.05) is 16.9 Å². The fourth-order valence-electron chi connectivity index (χ4n) is 8.18. The van der Waals surface area contributed by atoms with Gasteiger partial charge in [-0.1, -0.05) is 29.3 Å².